The van der Waals surface area contributed by atoms with Gasteiger partial charge >= 0.3 is 29.8 Å². The fourth-order valence-corrected chi connectivity index (χ4v) is 9.36. The zero-order valence-electron chi connectivity index (χ0n) is 31.3. The Hall–Kier alpha value is -4.52. The van der Waals surface area contributed by atoms with Crippen LogP contribution in [0.3, 0.4) is 0 Å². The minimum absolute atomic E-state index is 0.170. The van der Waals surface area contributed by atoms with E-state index in [9.17, 15) is 29.1 Å². The molecular weight excluding hydrogens is 676 g/mol. The Morgan fingerprint density at radius 2 is 1.58 bits per heavy atom. The molecule has 1 N–H and O–H groups in total. The van der Waals surface area contributed by atoms with E-state index >= 15 is 4.79 Å². The summed E-state index contributed by atoms with van der Waals surface area (Å²) >= 11 is 0. The highest BCUT2D eigenvalue weighted by molar-refractivity contribution is 6.00. The highest BCUT2D eigenvalue weighted by Crippen LogP contribution is 2.69. The third-order valence-corrected chi connectivity index (χ3v) is 12.2. The summed E-state index contributed by atoms with van der Waals surface area (Å²) < 4.78 is 34.4. The van der Waals surface area contributed by atoms with Crippen molar-refractivity contribution >= 4 is 35.6 Å². The van der Waals surface area contributed by atoms with Crippen LogP contribution in [0.25, 0.3) is 0 Å². The predicted octanol–water partition coefficient (Wildman–Crippen LogP) is 4.82. The monoisotopic (exact) mass is 724 g/mol. The summed E-state index contributed by atoms with van der Waals surface area (Å²) in [7, 11) is 1.22. The Morgan fingerprint density at radius 1 is 0.962 bits per heavy atom. The molecule has 1 aromatic heterocycles. The first-order chi connectivity index (χ1) is 24.3. The maximum absolute atomic E-state index is 15.2. The van der Waals surface area contributed by atoms with Crippen molar-refractivity contribution in [1.29, 1.82) is 0 Å². The van der Waals surface area contributed by atoms with E-state index in [0.29, 0.717) is 5.56 Å². The molecule has 1 aromatic rings. The fourth-order valence-electron chi connectivity index (χ4n) is 9.36. The van der Waals surface area contributed by atoms with Gasteiger partial charge in [-0.25, -0.2) is 14.4 Å². The zero-order chi connectivity index (χ0) is 38.7. The molecule has 0 aromatic carbocycles. The van der Waals surface area contributed by atoms with Crippen LogP contribution in [0.15, 0.2) is 57.5 Å². The van der Waals surface area contributed by atoms with Crippen molar-refractivity contribution in [1.82, 2.24) is 0 Å². The minimum atomic E-state index is -2.74. The smallest absolute Gasteiger partial charge is 0.352 e. The number of ether oxygens (including phenoxy) is 5. The molecule has 52 heavy (non-hydrogen) atoms. The molecule has 0 unspecified atom stereocenters. The molecule has 13 nitrogen and oxygen atoms in total. The van der Waals surface area contributed by atoms with Gasteiger partial charge in [-0.05, 0) is 69.6 Å². The lowest BCUT2D eigenvalue weighted by atomic mass is 9.38. The molecule has 0 spiro atoms. The third kappa shape index (κ3) is 5.62. The largest absolute Gasteiger partial charge is 0.472 e. The van der Waals surface area contributed by atoms with E-state index in [1.807, 2.05) is 6.92 Å². The molecule has 1 aliphatic heterocycles. The summed E-state index contributed by atoms with van der Waals surface area (Å²) in [6.07, 6.45) is -0.0765. The second-order valence-corrected chi connectivity index (χ2v) is 15.3. The van der Waals surface area contributed by atoms with Crippen LogP contribution >= 0.6 is 0 Å². The molecule has 0 amide bonds. The summed E-state index contributed by atoms with van der Waals surface area (Å²) in [5.41, 5.74) is -5.57. The Kier molecular flexibility index (Phi) is 10.0. The summed E-state index contributed by atoms with van der Waals surface area (Å²) in [4.78, 5) is 82.5. The van der Waals surface area contributed by atoms with Crippen LogP contribution in [0.5, 0.6) is 0 Å². The number of hydrogen-bond acceptors (Lipinski definition) is 13. The number of furan rings is 1. The normalized spacial score (nSPS) is 35.4. The maximum atomic E-state index is 15.2. The number of carbonyl (C=O) groups is 6. The molecule has 2 bridgehead atoms. The van der Waals surface area contributed by atoms with Crippen molar-refractivity contribution in [3.05, 3.63) is 58.6 Å². The van der Waals surface area contributed by atoms with Crippen molar-refractivity contribution in [3.63, 3.8) is 0 Å². The van der Waals surface area contributed by atoms with E-state index in [4.69, 9.17) is 28.1 Å². The number of ketones is 1. The Balaban J connectivity index is 1.92. The van der Waals surface area contributed by atoms with Gasteiger partial charge in [0.2, 0.25) is 11.7 Å². The fraction of sp³-hybridized carbons (Fsp3) is 0.590. The molecule has 9 atom stereocenters. The predicted molar refractivity (Wildman–Crippen MR) is 182 cm³/mol. The summed E-state index contributed by atoms with van der Waals surface area (Å²) in [6, 6.07) is 1.64. The number of cyclic esters (lactones) is 1. The lowest BCUT2D eigenvalue weighted by Gasteiger charge is -2.67. The average molecular weight is 725 g/mol. The van der Waals surface area contributed by atoms with E-state index < -0.39 is 93.7 Å². The number of rotatable bonds is 8. The van der Waals surface area contributed by atoms with Crippen molar-refractivity contribution in [3.8, 4) is 0 Å². The van der Waals surface area contributed by atoms with Crippen molar-refractivity contribution in [2.75, 3.05) is 7.11 Å². The molecule has 4 aliphatic rings. The third-order valence-electron chi connectivity index (χ3n) is 12.2. The molecule has 13 heteroatoms. The molecular formula is C39H48O13. The van der Waals surface area contributed by atoms with Crippen LogP contribution in [0, 0.1) is 28.1 Å². The van der Waals surface area contributed by atoms with E-state index in [1.165, 1.54) is 45.6 Å². The van der Waals surface area contributed by atoms with Gasteiger partial charge in [0.05, 0.1) is 19.6 Å². The highest BCUT2D eigenvalue weighted by Gasteiger charge is 2.79. The number of hydrogen-bond donors (Lipinski definition) is 1. The number of carbonyl (C=O) groups excluding carboxylic acids is 6. The SMILES string of the molecule is CC=C(C)C(=O)O[C@H]1C(=O)O[C@@H](c2ccoc2)[C@]2(C)CC[C@H]3C(=C12)[C@H](OC(C)=O)[C@]1(O)C(=O)[C@@]3(C)[C@@H](CC(=O)OC)C(C)(C)[C@@H]1OC(=O)C(C)=CC. The number of Topliss-reactive ketones (excluding diaryl/α,β-unsaturated/α-hetero) is 1. The van der Waals surface area contributed by atoms with Gasteiger partial charge in [0, 0.05) is 46.3 Å². The van der Waals surface area contributed by atoms with E-state index in [1.54, 1.807) is 40.7 Å². The highest BCUT2D eigenvalue weighted by atomic mass is 16.6. The van der Waals surface area contributed by atoms with Gasteiger partial charge in [-0.2, -0.15) is 0 Å². The molecule has 2 saturated carbocycles. The van der Waals surface area contributed by atoms with Crippen molar-refractivity contribution in [2.45, 2.75) is 112 Å². The number of fused-ring (bicyclic) bond motifs is 5. The zero-order valence-corrected chi connectivity index (χ0v) is 31.3. The summed E-state index contributed by atoms with van der Waals surface area (Å²) in [6.45, 7) is 14.2. The van der Waals surface area contributed by atoms with Gasteiger partial charge in [-0.1, -0.05) is 39.8 Å². The van der Waals surface area contributed by atoms with Gasteiger partial charge in [0.1, 0.15) is 12.2 Å². The van der Waals surface area contributed by atoms with Crippen LogP contribution in [0.4, 0.5) is 0 Å². The van der Waals surface area contributed by atoms with Gasteiger partial charge in [-0.3, -0.25) is 14.4 Å². The van der Waals surface area contributed by atoms with E-state index in [0.717, 1.165) is 6.92 Å². The second kappa shape index (κ2) is 13.5. The van der Waals surface area contributed by atoms with Crippen molar-refractivity contribution < 1.29 is 62.0 Å². The first-order valence-corrected chi connectivity index (χ1v) is 17.4. The van der Waals surface area contributed by atoms with Gasteiger partial charge < -0.3 is 33.2 Å². The molecule has 3 aliphatic carbocycles. The average Bonchev–Trinajstić information content (AvgIpc) is 3.64. The molecule has 1 saturated heterocycles. The summed E-state index contributed by atoms with van der Waals surface area (Å²) in [5, 5.41) is 13.2. The van der Waals surface area contributed by atoms with Crippen molar-refractivity contribution in [2.24, 2.45) is 28.1 Å². The van der Waals surface area contributed by atoms with E-state index in [-0.39, 0.29) is 41.6 Å². The molecule has 3 fully saturated rings. The topological polar surface area (TPSA) is 182 Å². The minimum Gasteiger partial charge on any atom is -0.472 e. The Labute approximate surface area is 302 Å². The first-order valence-electron chi connectivity index (χ1n) is 17.4. The van der Waals surface area contributed by atoms with Crippen LogP contribution < -0.4 is 0 Å². The first kappa shape index (κ1) is 38.7. The molecule has 0 radical (unpaired) electrons. The maximum Gasteiger partial charge on any atom is 0.352 e. The lowest BCUT2D eigenvalue weighted by molar-refractivity contribution is -0.257. The van der Waals surface area contributed by atoms with Crippen LogP contribution in [0.2, 0.25) is 0 Å². The quantitative estimate of drug-likeness (QED) is 0.167. The van der Waals surface area contributed by atoms with E-state index in [2.05, 4.69) is 0 Å². The molecule has 2 heterocycles. The standard InChI is InChI=1S/C39H48O13/c1-11-19(3)31(42)50-28-27-26-23(13-15-37(27,8)29(51-33(28)44)22-14-16-48-18-22)38(9)24(17-25(41)47-10)36(6,7)35(52-32(43)20(4)12-2)39(46,34(38)45)30(26)49-21(5)40/h11-12,14,16,18,23-24,28-30,35,46H,13,15,17H2,1-10H3/t23-,24-,28+,29-,30-,35-,37+,38+,39-/m0/s1. The molecule has 5 rings (SSSR count). The lowest BCUT2D eigenvalue weighted by Crippen LogP contribution is -2.80. The number of methoxy groups -OCH3 is 1. The van der Waals surface area contributed by atoms with Crippen LogP contribution in [-0.4, -0.2) is 71.8 Å². The Bertz CT molecular complexity index is 1780. The van der Waals surface area contributed by atoms with Gasteiger partial charge in [0.15, 0.2) is 11.9 Å². The van der Waals surface area contributed by atoms with Gasteiger partial charge in [-0.15, -0.1) is 0 Å². The number of esters is 5. The Morgan fingerprint density at radius 3 is 2.12 bits per heavy atom. The van der Waals surface area contributed by atoms with Gasteiger partial charge in [0.25, 0.3) is 0 Å². The number of aliphatic hydroxyl groups is 1. The second-order valence-electron chi connectivity index (χ2n) is 15.3. The van der Waals surface area contributed by atoms with Crippen LogP contribution in [0.1, 0.15) is 93.2 Å². The number of allylic oxidation sites excluding steroid dienone is 2. The van der Waals surface area contributed by atoms with Crippen LogP contribution in [-0.2, 0) is 52.5 Å². The molecule has 282 valence electrons. The summed E-state index contributed by atoms with van der Waals surface area (Å²) in [5.74, 6) is -6.68.